The summed E-state index contributed by atoms with van der Waals surface area (Å²) in [7, 11) is 0. The van der Waals surface area contributed by atoms with Gasteiger partial charge in [-0.25, -0.2) is 9.18 Å². The molecule has 0 atom stereocenters. The summed E-state index contributed by atoms with van der Waals surface area (Å²) < 4.78 is 13.1. The molecule has 2 aromatic carbocycles. The van der Waals surface area contributed by atoms with E-state index in [-0.39, 0.29) is 21.8 Å². The highest BCUT2D eigenvalue weighted by Gasteiger charge is 2.17. The van der Waals surface area contributed by atoms with E-state index in [0.717, 1.165) is 18.2 Å². The van der Waals surface area contributed by atoms with Crippen molar-refractivity contribution >= 4 is 29.2 Å². The van der Waals surface area contributed by atoms with Crippen LogP contribution in [0.4, 0.5) is 10.1 Å². The van der Waals surface area contributed by atoms with Crippen LogP contribution in [-0.4, -0.2) is 22.1 Å². The summed E-state index contributed by atoms with van der Waals surface area (Å²) in [6.45, 7) is 0. The minimum absolute atomic E-state index is 0.0134. The van der Waals surface area contributed by atoms with Gasteiger partial charge < -0.3 is 15.5 Å². The van der Waals surface area contributed by atoms with E-state index < -0.39 is 23.4 Å². The lowest BCUT2D eigenvalue weighted by Crippen LogP contribution is -2.15. The van der Waals surface area contributed by atoms with Gasteiger partial charge in [-0.3, -0.25) is 4.79 Å². The Labute approximate surface area is 123 Å². The van der Waals surface area contributed by atoms with Gasteiger partial charge in [0.05, 0.1) is 16.8 Å². The Kier molecular flexibility index (Phi) is 4.09. The molecule has 2 aromatic rings. The first kappa shape index (κ1) is 14.8. The van der Waals surface area contributed by atoms with Crippen molar-refractivity contribution in [1.29, 1.82) is 0 Å². The van der Waals surface area contributed by atoms with Crippen molar-refractivity contribution in [2.75, 3.05) is 5.32 Å². The number of phenolic OH excluding ortho intramolecular Hbond substituents is 1. The Morgan fingerprint density at radius 3 is 2.48 bits per heavy atom. The van der Waals surface area contributed by atoms with Crippen molar-refractivity contribution in [2.45, 2.75) is 0 Å². The van der Waals surface area contributed by atoms with Crippen molar-refractivity contribution in [3.8, 4) is 5.75 Å². The normalized spacial score (nSPS) is 10.2. The lowest BCUT2D eigenvalue weighted by atomic mass is 10.1. The van der Waals surface area contributed by atoms with Crippen LogP contribution in [0.2, 0.25) is 5.02 Å². The first-order chi connectivity index (χ1) is 9.88. The van der Waals surface area contributed by atoms with Crippen LogP contribution in [0.5, 0.6) is 5.75 Å². The molecule has 3 N–H and O–H groups in total. The van der Waals surface area contributed by atoms with E-state index in [1.807, 2.05) is 0 Å². The summed E-state index contributed by atoms with van der Waals surface area (Å²) in [6, 6.07) is 6.75. The molecule has 7 heteroatoms. The summed E-state index contributed by atoms with van der Waals surface area (Å²) in [5.74, 6) is -3.24. The molecule has 0 radical (unpaired) electrons. The molecule has 0 saturated heterocycles. The molecular weight excluding hydrogens is 301 g/mol. The second-order valence-electron chi connectivity index (χ2n) is 4.11. The van der Waals surface area contributed by atoms with Gasteiger partial charge in [0, 0.05) is 5.02 Å². The topological polar surface area (TPSA) is 86.6 Å². The third-order valence-electron chi connectivity index (χ3n) is 2.66. The van der Waals surface area contributed by atoms with Crippen molar-refractivity contribution < 1.29 is 24.2 Å². The van der Waals surface area contributed by atoms with Gasteiger partial charge in [0.1, 0.15) is 11.6 Å². The van der Waals surface area contributed by atoms with Crippen molar-refractivity contribution in [2.24, 2.45) is 0 Å². The molecule has 0 aliphatic carbocycles. The number of carboxylic acid groups (broad SMARTS) is 1. The molecule has 1 amide bonds. The van der Waals surface area contributed by atoms with E-state index >= 15 is 0 Å². The Morgan fingerprint density at radius 1 is 1.10 bits per heavy atom. The predicted molar refractivity (Wildman–Crippen MR) is 74.4 cm³/mol. The number of rotatable bonds is 3. The maximum atomic E-state index is 13.1. The van der Waals surface area contributed by atoms with Gasteiger partial charge in [0.2, 0.25) is 0 Å². The van der Waals surface area contributed by atoms with Gasteiger partial charge in [0.15, 0.2) is 0 Å². The van der Waals surface area contributed by atoms with Crippen LogP contribution in [0.3, 0.4) is 0 Å². The van der Waals surface area contributed by atoms with Crippen LogP contribution in [-0.2, 0) is 0 Å². The van der Waals surface area contributed by atoms with Gasteiger partial charge >= 0.3 is 5.97 Å². The number of amides is 1. The van der Waals surface area contributed by atoms with E-state index in [1.165, 1.54) is 18.2 Å². The van der Waals surface area contributed by atoms with Gasteiger partial charge in [-0.1, -0.05) is 11.6 Å². The van der Waals surface area contributed by atoms with Crippen LogP contribution in [0, 0.1) is 5.82 Å². The van der Waals surface area contributed by atoms with Gasteiger partial charge in [-0.2, -0.15) is 0 Å². The van der Waals surface area contributed by atoms with Crippen LogP contribution in [0.1, 0.15) is 20.7 Å². The fourth-order valence-electron chi connectivity index (χ4n) is 1.68. The number of phenols is 1. The molecule has 108 valence electrons. The number of carbonyl (C=O) groups is 2. The zero-order valence-corrected chi connectivity index (χ0v) is 11.2. The highest BCUT2D eigenvalue weighted by molar-refractivity contribution is 6.31. The number of hydrogen-bond donors (Lipinski definition) is 3. The second kappa shape index (κ2) is 5.80. The largest absolute Gasteiger partial charge is 0.507 e. The Balaban J connectivity index is 2.36. The number of carboxylic acids is 1. The SMILES string of the molecule is O=C(Nc1ccc(Cl)cc1C(=O)O)c1cc(F)ccc1O. The minimum Gasteiger partial charge on any atom is -0.507 e. The van der Waals surface area contributed by atoms with Gasteiger partial charge in [0.25, 0.3) is 5.91 Å². The Morgan fingerprint density at radius 2 is 1.81 bits per heavy atom. The standard InChI is InChI=1S/C14H9ClFNO4/c15-7-1-3-11(9(5-7)14(20)21)17-13(19)10-6-8(16)2-4-12(10)18/h1-6,18H,(H,17,19)(H,20,21). The van der Waals surface area contributed by atoms with Gasteiger partial charge in [-0.15, -0.1) is 0 Å². The number of anilines is 1. The highest BCUT2D eigenvalue weighted by Crippen LogP contribution is 2.23. The van der Waals surface area contributed by atoms with Crippen molar-refractivity contribution in [3.63, 3.8) is 0 Å². The number of aromatic carboxylic acids is 1. The van der Waals surface area contributed by atoms with E-state index in [1.54, 1.807) is 0 Å². The lowest BCUT2D eigenvalue weighted by molar-refractivity contribution is 0.0698. The molecule has 0 bridgehead atoms. The average Bonchev–Trinajstić information content (AvgIpc) is 2.43. The Hall–Kier alpha value is -2.60. The number of hydrogen-bond acceptors (Lipinski definition) is 3. The number of aromatic hydroxyl groups is 1. The van der Waals surface area contributed by atoms with Crippen molar-refractivity contribution in [1.82, 2.24) is 0 Å². The fourth-order valence-corrected chi connectivity index (χ4v) is 1.85. The first-order valence-corrected chi connectivity index (χ1v) is 6.09. The van der Waals surface area contributed by atoms with E-state index in [4.69, 9.17) is 16.7 Å². The quantitative estimate of drug-likeness (QED) is 0.813. The maximum Gasteiger partial charge on any atom is 0.337 e. The van der Waals surface area contributed by atoms with Crippen LogP contribution < -0.4 is 5.32 Å². The fraction of sp³-hybridized carbons (Fsp3) is 0. The molecule has 2 rings (SSSR count). The number of halogens is 2. The molecule has 0 spiro atoms. The number of nitrogens with one attached hydrogen (secondary N) is 1. The molecule has 21 heavy (non-hydrogen) atoms. The summed E-state index contributed by atoms with van der Waals surface area (Å²) in [5.41, 5.74) is -0.534. The monoisotopic (exact) mass is 309 g/mol. The molecule has 5 nitrogen and oxygen atoms in total. The summed E-state index contributed by atoms with van der Waals surface area (Å²) in [4.78, 5) is 23.1. The second-order valence-corrected chi connectivity index (χ2v) is 4.55. The minimum atomic E-state index is -1.28. The number of carbonyl (C=O) groups excluding carboxylic acids is 1. The third-order valence-corrected chi connectivity index (χ3v) is 2.90. The highest BCUT2D eigenvalue weighted by atomic mass is 35.5. The third kappa shape index (κ3) is 3.29. The predicted octanol–water partition coefficient (Wildman–Crippen LogP) is 3.14. The first-order valence-electron chi connectivity index (χ1n) is 5.71. The summed E-state index contributed by atoms with van der Waals surface area (Å²) in [6.07, 6.45) is 0. The zero-order chi connectivity index (χ0) is 15.6. The summed E-state index contributed by atoms with van der Waals surface area (Å²) >= 11 is 5.69. The van der Waals surface area contributed by atoms with E-state index in [2.05, 4.69) is 5.32 Å². The van der Waals surface area contributed by atoms with Crippen LogP contribution in [0.15, 0.2) is 36.4 Å². The van der Waals surface area contributed by atoms with E-state index in [0.29, 0.717) is 0 Å². The number of benzene rings is 2. The lowest BCUT2D eigenvalue weighted by Gasteiger charge is -2.10. The van der Waals surface area contributed by atoms with Gasteiger partial charge in [-0.05, 0) is 36.4 Å². The van der Waals surface area contributed by atoms with E-state index in [9.17, 15) is 19.1 Å². The smallest absolute Gasteiger partial charge is 0.337 e. The van der Waals surface area contributed by atoms with Crippen LogP contribution in [0.25, 0.3) is 0 Å². The average molecular weight is 310 g/mol. The molecule has 0 aliphatic rings. The Bertz CT molecular complexity index is 733. The molecule has 0 saturated carbocycles. The molecule has 0 aliphatic heterocycles. The summed E-state index contributed by atoms with van der Waals surface area (Å²) in [5, 5.41) is 21.1. The van der Waals surface area contributed by atoms with Crippen LogP contribution >= 0.6 is 11.6 Å². The maximum absolute atomic E-state index is 13.1. The van der Waals surface area contributed by atoms with Crippen molar-refractivity contribution in [3.05, 3.63) is 58.4 Å². The molecular formula is C14H9ClFNO4. The molecule has 0 unspecified atom stereocenters. The molecule has 0 heterocycles. The molecule has 0 aromatic heterocycles. The zero-order valence-electron chi connectivity index (χ0n) is 10.4. The molecule has 0 fully saturated rings.